The first-order valence-electron chi connectivity index (χ1n) is 9.75. The highest BCUT2D eigenvalue weighted by atomic mass is 32.1. The molecule has 0 radical (unpaired) electrons. The van der Waals surface area contributed by atoms with E-state index in [2.05, 4.69) is 21.4 Å². The summed E-state index contributed by atoms with van der Waals surface area (Å²) in [5.74, 6) is 3.34. The highest BCUT2D eigenvalue weighted by Crippen LogP contribution is 2.31. The molecule has 0 spiro atoms. The summed E-state index contributed by atoms with van der Waals surface area (Å²) in [6.45, 7) is 0. The maximum absolute atomic E-state index is 6.00. The highest BCUT2D eigenvalue weighted by molar-refractivity contribution is 7.13. The van der Waals surface area contributed by atoms with E-state index in [-0.39, 0.29) is 0 Å². The Hall–Kier alpha value is -2.40. The van der Waals surface area contributed by atoms with Gasteiger partial charge in [0.1, 0.15) is 17.3 Å². The molecular weight excluding hydrogens is 354 g/mol. The molecule has 0 saturated heterocycles. The predicted molar refractivity (Wildman–Crippen MR) is 111 cm³/mol. The lowest BCUT2D eigenvalue weighted by Crippen LogP contribution is -2.08. The number of ether oxygens (including phenoxy) is 1. The Morgan fingerprint density at radius 2 is 1.89 bits per heavy atom. The Labute approximate surface area is 164 Å². The lowest BCUT2D eigenvalue weighted by molar-refractivity contribution is 0.339. The highest BCUT2D eigenvalue weighted by Gasteiger charge is 2.15. The van der Waals surface area contributed by atoms with Crippen molar-refractivity contribution in [3.63, 3.8) is 0 Å². The van der Waals surface area contributed by atoms with Gasteiger partial charge in [-0.05, 0) is 42.5 Å². The zero-order valence-corrected chi connectivity index (χ0v) is 16.3. The number of nitrogens with zero attached hydrogens (tertiary/aromatic N) is 2. The van der Waals surface area contributed by atoms with Crippen LogP contribution in [0.3, 0.4) is 0 Å². The minimum atomic E-state index is 0.782. The van der Waals surface area contributed by atoms with Crippen LogP contribution >= 0.6 is 11.3 Å². The van der Waals surface area contributed by atoms with Crippen molar-refractivity contribution in [2.24, 2.45) is 5.92 Å². The molecule has 4 rings (SSSR count). The summed E-state index contributed by atoms with van der Waals surface area (Å²) < 4.78 is 6.00. The quantitative estimate of drug-likeness (QED) is 0.503. The fourth-order valence-corrected chi connectivity index (χ4v) is 4.22. The van der Waals surface area contributed by atoms with E-state index in [0.717, 1.165) is 34.8 Å². The first kappa shape index (κ1) is 18.0. The zero-order valence-electron chi connectivity index (χ0n) is 15.4. The molecule has 2 heterocycles. The molecule has 3 aromatic rings. The number of aryl methyl sites for hydroxylation is 1. The number of nitrogens with one attached hydrogen (secondary N) is 1. The van der Waals surface area contributed by atoms with Crippen molar-refractivity contribution in [1.29, 1.82) is 0 Å². The van der Waals surface area contributed by atoms with Gasteiger partial charge in [0.05, 0.1) is 6.20 Å². The molecule has 0 amide bonds. The molecule has 0 aliphatic heterocycles. The van der Waals surface area contributed by atoms with Crippen LogP contribution in [0.15, 0.2) is 54.2 Å². The smallest absolute Gasteiger partial charge is 0.188 e. The van der Waals surface area contributed by atoms with Crippen molar-refractivity contribution < 1.29 is 4.74 Å². The normalized spacial score (nSPS) is 14.8. The van der Waals surface area contributed by atoms with Crippen LogP contribution in [0.4, 0.5) is 10.9 Å². The Kier molecular flexibility index (Phi) is 5.99. The number of rotatable bonds is 7. The van der Waals surface area contributed by atoms with E-state index in [4.69, 9.17) is 4.74 Å². The third-order valence-corrected chi connectivity index (χ3v) is 5.81. The molecule has 1 aliphatic rings. The SMILES string of the molecule is c1ccc(Oc2cnc(Nc3nccs3)c(CCC3CCCCC3)c2)cc1. The standard InChI is InChI=1S/C22H25N3OS/c1-3-7-17(8-4-1)11-12-18-15-20(26-19-9-5-2-6-10-19)16-24-21(18)25-22-23-13-14-27-22/h2,5-6,9-10,13-17H,1,3-4,7-8,11-12H2,(H,23,24,25). The van der Waals surface area contributed by atoms with E-state index in [1.54, 1.807) is 17.5 Å². The molecular formula is C22H25N3OS. The number of anilines is 2. The van der Waals surface area contributed by atoms with E-state index < -0.39 is 0 Å². The van der Waals surface area contributed by atoms with E-state index in [0.29, 0.717) is 0 Å². The molecule has 27 heavy (non-hydrogen) atoms. The number of thiazole rings is 1. The van der Waals surface area contributed by atoms with Crippen molar-refractivity contribution >= 4 is 22.3 Å². The second-order valence-electron chi connectivity index (χ2n) is 7.10. The van der Waals surface area contributed by atoms with E-state index in [1.165, 1.54) is 44.1 Å². The van der Waals surface area contributed by atoms with E-state index >= 15 is 0 Å². The fourth-order valence-electron chi connectivity index (χ4n) is 3.69. The van der Waals surface area contributed by atoms with Crippen LogP contribution in [0.25, 0.3) is 0 Å². The number of para-hydroxylation sites is 1. The summed E-state index contributed by atoms with van der Waals surface area (Å²) in [6.07, 6.45) is 12.7. The monoisotopic (exact) mass is 379 g/mol. The van der Waals surface area contributed by atoms with Gasteiger partial charge in [-0.1, -0.05) is 50.3 Å². The fraction of sp³-hybridized carbons (Fsp3) is 0.364. The van der Waals surface area contributed by atoms with Gasteiger partial charge in [0.15, 0.2) is 5.13 Å². The molecule has 2 aromatic heterocycles. The molecule has 1 aromatic carbocycles. The van der Waals surface area contributed by atoms with E-state index in [1.807, 2.05) is 41.9 Å². The molecule has 1 N–H and O–H groups in total. The van der Waals surface area contributed by atoms with Crippen LogP contribution in [-0.2, 0) is 6.42 Å². The Morgan fingerprint density at radius 3 is 2.67 bits per heavy atom. The summed E-state index contributed by atoms with van der Waals surface area (Å²) in [7, 11) is 0. The summed E-state index contributed by atoms with van der Waals surface area (Å²) >= 11 is 1.59. The largest absolute Gasteiger partial charge is 0.456 e. The van der Waals surface area contributed by atoms with Crippen LogP contribution in [0.5, 0.6) is 11.5 Å². The number of pyridine rings is 1. The summed E-state index contributed by atoms with van der Waals surface area (Å²) in [5, 5.41) is 6.21. The molecule has 0 bridgehead atoms. The molecule has 0 unspecified atom stereocenters. The molecule has 5 heteroatoms. The van der Waals surface area contributed by atoms with Gasteiger partial charge >= 0.3 is 0 Å². The topological polar surface area (TPSA) is 47.0 Å². The average molecular weight is 380 g/mol. The lowest BCUT2D eigenvalue weighted by Gasteiger charge is -2.22. The molecule has 1 aliphatic carbocycles. The van der Waals surface area contributed by atoms with Gasteiger partial charge in [0.2, 0.25) is 0 Å². The van der Waals surface area contributed by atoms with Crippen LogP contribution in [-0.4, -0.2) is 9.97 Å². The van der Waals surface area contributed by atoms with E-state index in [9.17, 15) is 0 Å². The van der Waals surface area contributed by atoms with Gasteiger partial charge in [-0.3, -0.25) is 0 Å². The third-order valence-electron chi connectivity index (χ3n) is 5.12. The summed E-state index contributed by atoms with van der Waals surface area (Å²) in [6, 6.07) is 12.0. The van der Waals surface area contributed by atoms with Gasteiger partial charge < -0.3 is 10.1 Å². The van der Waals surface area contributed by atoms with Crippen molar-refractivity contribution in [2.75, 3.05) is 5.32 Å². The number of hydrogen-bond donors (Lipinski definition) is 1. The van der Waals surface area contributed by atoms with Crippen molar-refractivity contribution in [1.82, 2.24) is 9.97 Å². The van der Waals surface area contributed by atoms with Gasteiger partial charge in [-0.25, -0.2) is 9.97 Å². The second-order valence-corrected chi connectivity index (χ2v) is 7.99. The Balaban J connectivity index is 1.52. The predicted octanol–water partition coefficient (Wildman–Crippen LogP) is 6.59. The third kappa shape index (κ3) is 5.07. The van der Waals surface area contributed by atoms with Gasteiger partial charge in [-0.15, -0.1) is 11.3 Å². The molecule has 1 fully saturated rings. The average Bonchev–Trinajstić information content (AvgIpc) is 3.23. The lowest BCUT2D eigenvalue weighted by atomic mass is 9.85. The van der Waals surface area contributed by atoms with Gasteiger partial charge in [-0.2, -0.15) is 0 Å². The maximum atomic E-state index is 6.00. The van der Waals surface area contributed by atoms with Crippen LogP contribution < -0.4 is 10.1 Å². The van der Waals surface area contributed by atoms with Crippen LogP contribution in [0.2, 0.25) is 0 Å². The minimum Gasteiger partial charge on any atom is -0.456 e. The molecule has 1 saturated carbocycles. The number of aromatic nitrogens is 2. The zero-order chi connectivity index (χ0) is 18.3. The van der Waals surface area contributed by atoms with Crippen LogP contribution in [0.1, 0.15) is 44.1 Å². The van der Waals surface area contributed by atoms with Crippen molar-refractivity contribution in [2.45, 2.75) is 44.9 Å². The number of benzene rings is 1. The number of hydrogen-bond acceptors (Lipinski definition) is 5. The molecule has 140 valence electrons. The first-order valence-corrected chi connectivity index (χ1v) is 10.6. The Bertz CT molecular complexity index is 830. The first-order chi connectivity index (χ1) is 13.4. The summed E-state index contributed by atoms with van der Waals surface area (Å²) in [4.78, 5) is 8.97. The summed E-state index contributed by atoms with van der Waals surface area (Å²) in [5.41, 5.74) is 1.20. The molecule has 0 atom stereocenters. The second kappa shape index (κ2) is 9.00. The van der Waals surface area contributed by atoms with Gasteiger partial charge in [0, 0.05) is 11.6 Å². The van der Waals surface area contributed by atoms with Crippen molar-refractivity contribution in [3.8, 4) is 11.5 Å². The van der Waals surface area contributed by atoms with Gasteiger partial charge in [0.25, 0.3) is 0 Å². The van der Waals surface area contributed by atoms with Crippen LogP contribution in [0, 0.1) is 5.92 Å². The van der Waals surface area contributed by atoms with Crippen molar-refractivity contribution in [3.05, 3.63) is 59.7 Å². The maximum Gasteiger partial charge on any atom is 0.188 e. The minimum absolute atomic E-state index is 0.782. The molecule has 4 nitrogen and oxygen atoms in total. The Morgan fingerprint density at radius 1 is 1.04 bits per heavy atom.